The van der Waals surface area contributed by atoms with Crippen LogP contribution in [0.1, 0.15) is 28.4 Å². The Hall–Kier alpha value is -2.47. The number of hydrogen-bond acceptors (Lipinski definition) is 4. The van der Waals surface area contributed by atoms with Crippen LogP contribution < -0.4 is 15.6 Å². The summed E-state index contributed by atoms with van der Waals surface area (Å²) in [7, 11) is 0. The van der Waals surface area contributed by atoms with Crippen LogP contribution in [0.15, 0.2) is 47.4 Å². The minimum absolute atomic E-state index is 0.375. The molecule has 1 atom stereocenters. The van der Waals surface area contributed by atoms with Gasteiger partial charge in [-0.3, -0.25) is 20.4 Å². The minimum Gasteiger partial charge on any atom is -0.481 e. The second-order valence-electron chi connectivity index (χ2n) is 5.63. The molecule has 6 heteroatoms. The third kappa shape index (κ3) is 5.00. The number of benzene rings is 2. The van der Waals surface area contributed by atoms with Crippen LogP contribution in [-0.4, -0.2) is 24.2 Å². The number of nitrogens with one attached hydrogen (secondary N) is 2. The van der Waals surface area contributed by atoms with Crippen LogP contribution in [-0.2, 0) is 4.79 Å². The molecule has 2 amide bonds. The molecule has 5 nitrogen and oxygen atoms in total. The Morgan fingerprint density at radius 3 is 2.36 bits per heavy atom. The van der Waals surface area contributed by atoms with Crippen LogP contribution in [0.3, 0.4) is 0 Å². The summed E-state index contributed by atoms with van der Waals surface area (Å²) in [4.78, 5) is 25.2. The zero-order chi connectivity index (χ0) is 18.4. The van der Waals surface area contributed by atoms with E-state index in [0.29, 0.717) is 11.3 Å². The summed E-state index contributed by atoms with van der Waals surface area (Å²) >= 11 is 1.60. The molecule has 2 aromatic rings. The number of hydrogen-bond donors (Lipinski definition) is 2. The van der Waals surface area contributed by atoms with Crippen LogP contribution in [0.5, 0.6) is 5.75 Å². The van der Waals surface area contributed by atoms with Gasteiger partial charge in [-0.05, 0) is 68.5 Å². The maximum absolute atomic E-state index is 12.1. The fraction of sp³-hybridized carbons (Fsp3) is 0.263. The molecule has 0 aliphatic rings. The Morgan fingerprint density at radius 1 is 1.04 bits per heavy atom. The highest BCUT2D eigenvalue weighted by Crippen LogP contribution is 2.21. The van der Waals surface area contributed by atoms with Crippen molar-refractivity contribution in [2.45, 2.75) is 31.8 Å². The Bertz CT molecular complexity index is 760. The first kappa shape index (κ1) is 18.9. The Kier molecular flexibility index (Phi) is 6.47. The number of carbonyl (C=O) groups is 2. The molecule has 2 aromatic carbocycles. The van der Waals surface area contributed by atoms with E-state index < -0.39 is 12.0 Å². The van der Waals surface area contributed by atoms with E-state index in [-0.39, 0.29) is 5.91 Å². The molecular weight excluding hydrogens is 336 g/mol. The van der Waals surface area contributed by atoms with Crippen molar-refractivity contribution in [1.82, 2.24) is 10.9 Å². The van der Waals surface area contributed by atoms with Crippen molar-refractivity contribution in [3.8, 4) is 5.75 Å². The standard InChI is InChI=1S/C19H22N2O3S/c1-12-6-5-7-17(13(12)2)24-14(3)18(22)20-21-19(23)15-8-10-16(25-4)11-9-15/h5-11,14H,1-4H3,(H,20,22)(H,21,23)/t14-/m0/s1. The molecule has 0 aromatic heterocycles. The van der Waals surface area contributed by atoms with E-state index in [1.54, 1.807) is 30.8 Å². The van der Waals surface area contributed by atoms with Gasteiger partial charge in [0.25, 0.3) is 11.8 Å². The number of amides is 2. The molecule has 0 spiro atoms. The summed E-state index contributed by atoms with van der Waals surface area (Å²) in [5.41, 5.74) is 7.35. The summed E-state index contributed by atoms with van der Waals surface area (Å²) in [6, 6.07) is 12.8. The van der Waals surface area contributed by atoms with Crippen LogP contribution >= 0.6 is 11.8 Å². The lowest BCUT2D eigenvalue weighted by atomic mass is 10.1. The number of thioether (sulfide) groups is 1. The molecule has 0 bridgehead atoms. The van der Waals surface area contributed by atoms with Gasteiger partial charge in [-0.1, -0.05) is 12.1 Å². The molecule has 0 aliphatic carbocycles. The molecule has 0 unspecified atom stereocenters. The molecule has 132 valence electrons. The quantitative estimate of drug-likeness (QED) is 0.636. The van der Waals surface area contributed by atoms with Crippen molar-refractivity contribution in [2.24, 2.45) is 0 Å². The molecule has 0 aliphatic heterocycles. The smallest absolute Gasteiger partial charge is 0.279 e. The highest BCUT2D eigenvalue weighted by molar-refractivity contribution is 7.98. The van der Waals surface area contributed by atoms with Gasteiger partial charge in [0.15, 0.2) is 6.10 Å². The summed E-state index contributed by atoms with van der Waals surface area (Å²) in [5, 5.41) is 0. The average molecular weight is 358 g/mol. The van der Waals surface area contributed by atoms with Crippen molar-refractivity contribution in [1.29, 1.82) is 0 Å². The molecule has 0 saturated carbocycles. The molecule has 0 heterocycles. The van der Waals surface area contributed by atoms with E-state index in [1.807, 2.05) is 50.4 Å². The molecule has 0 saturated heterocycles. The molecular formula is C19H22N2O3S. The van der Waals surface area contributed by atoms with Crippen LogP contribution in [0.25, 0.3) is 0 Å². The third-order valence-corrected chi connectivity index (χ3v) is 4.62. The van der Waals surface area contributed by atoms with E-state index in [0.717, 1.165) is 16.0 Å². The molecule has 0 radical (unpaired) electrons. The van der Waals surface area contributed by atoms with E-state index in [2.05, 4.69) is 10.9 Å². The zero-order valence-electron chi connectivity index (χ0n) is 14.8. The second-order valence-corrected chi connectivity index (χ2v) is 6.51. The maximum atomic E-state index is 12.1. The highest BCUT2D eigenvalue weighted by Gasteiger charge is 2.17. The van der Waals surface area contributed by atoms with Gasteiger partial charge >= 0.3 is 0 Å². The number of hydrazine groups is 1. The predicted octanol–water partition coefficient (Wildman–Crippen LogP) is 3.25. The Balaban J connectivity index is 1.90. The number of carbonyl (C=O) groups excluding carboxylic acids is 2. The average Bonchev–Trinajstić information content (AvgIpc) is 2.63. The summed E-state index contributed by atoms with van der Waals surface area (Å²) in [5.74, 6) is -0.142. The summed E-state index contributed by atoms with van der Waals surface area (Å²) < 4.78 is 5.69. The third-order valence-electron chi connectivity index (χ3n) is 3.88. The maximum Gasteiger partial charge on any atom is 0.279 e. The first-order valence-electron chi connectivity index (χ1n) is 7.89. The van der Waals surface area contributed by atoms with Crippen molar-refractivity contribution >= 4 is 23.6 Å². The minimum atomic E-state index is -0.736. The van der Waals surface area contributed by atoms with Crippen molar-refractivity contribution in [3.63, 3.8) is 0 Å². The van der Waals surface area contributed by atoms with E-state index in [4.69, 9.17) is 4.74 Å². The van der Waals surface area contributed by atoms with Crippen LogP contribution in [0.2, 0.25) is 0 Å². The fourth-order valence-corrected chi connectivity index (χ4v) is 2.54. The SMILES string of the molecule is CSc1ccc(C(=O)NNC(=O)[C@H](C)Oc2cccc(C)c2C)cc1. The largest absolute Gasteiger partial charge is 0.481 e. The monoisotopic (exact) mass is 358 g/mol. The van der Waals surface area contributed by atoms with Crippen molar-refractivity contribution < 1.29 is 14.3 Å². The number of ether oxygens (including phenoxy) is 1. The Labute approximate surface area is 152 Å². The van der Waals surface area contributed by atoms with Gasteiger partial charge in [0.1, 0.15) is 5.75 Å². The second kappa shape index (κ2) is 8.58. The van der Waals surface area contributed by atoms with Gasteiger partial charge in [0.2, 0.25) is 0 Å². The summed E-state index contributed by atoms with van der Waals surface area (Å²) in [6.07, 6.45) is 1.23. The zero-order valence-corrected chi connectivity index (χ0v) is 15.6. The van der Waals surface area contributed by atoms with Crippen molar-refractivity contribution in [3.05, 3.63) is 59.2 Å². The highest BCUT2D eigenvalue weighted by atomic mass is 32.2. The van der Waals surface area contributed by atoms with Crippen LogP contribution in [0.4, 0.5) is 0 Å². The molecule has 2 N–H and O–H groups in total. The number of rotatable bonds is 5. The lowest BCUT2D eigenvalue weighted by Crippen LogP contribution is -2.47. The van der Waals surface area contributed by atoms with Gasteiger partial charge < -0.3 is 4.74 Å². The van der Waals surface area contributed by atoms with Gasteiger partial charge in [-0.2, -0.15) is 0 Å². The van der Waals surface area contributed by atoms with Gasteiger partial charge in [-0.15, -0.1) is 11.8 Å². The molecule has 2 rings (SSSR count). The van der Waals surface area contributed by atoms with E-state index in [1.165, 1.54) is 0 Å². The summed E-state index contributed by atoms with van der Waals surface area (Å²) in [6.45, 7) is 5.56. The first-order valence-corrected chi connectivity index (χ1v) is 9.12. The van der Waals surface area contributed by atoms with Crippen molar-refractivity contribution in [2.75, 3.05) is 6.26 Å². The molecule has 25 heavy (non-hydrogen) atoms. The number of aryl methyl sites for hydroxylation is 1. The normalized spacial score (nSPS) is 11.5. The first-order chi connectivity index (χ1) is 11.9. The molecule has 0 fully saturated rings. The predicted molar refractivity (Wildman–Crippen MR) is 99.8 cm³/mol. The topological polar surface area (TPSA) is 67.4 Å². The van der Waals surface area contributed by atoms with Gasteiger partial charge in [-0.25, -0.2) is 0 Å². The van der Waals surface area contributed by atoms with E-state index >= 15 is 0 Å². The van der Waals surface area contributed by atoms with Gasteiger partial charge in [0.05, 0.1) is 0 Å². The Morgan fingerprint density at radius 2 is 1.72 bits per heavy atom. The lowest BCUT2D eigenvalue weighted by Gasteiger charge is -2.17. The lowest BCUT2D eigenvalue weighted by molar-refractivity contribution is -0.128. The van der Waals surface area contributed by atoms with Gasteiger partial charge in [0, 0.05) is 10.5 Å². The fourth-order valence-electron chi connectivity index (χ4n) is 2.13. The van der Waals surface area contributed by atoms with Crippen LogP contribution in [0, 0.1) is 13.8 Å². The van der Waals surface area contributed by atoms with E-state index in [9.17, 15) is 9.59 Å².